The molecule has 0 saturated carbocycles. The predicted octanol–water partition coefficient (Wildman–Crippen LogP) is 4.51. The van der Waals surface area contributed by atoms with Crippen molar-refractivity contribution in [3.63, 3.8) is 0 Å². The van der Waals surface area contributed by atoms with E-state index >= 15 is 0 Å². The van der Waals surface area contributed by atoms with Crippen LogP contribution in [0, 0.1) is 11.3 Å². The van der Waals surface area contributed by atoms with Crippen molar-refractivity contribution in [2.75, 3.05) is 20.2 Å². The third-order valence-electron chi connectivity index (χ3n) is 6.71. The van der Waals surface area contributed by atoms with Crippen LogP contribution in [-0.2, 0) is 14.3 Å². The van der Waals surface area contributed by atoms with Crippen molar-refractivity contribution in [1.82, 2.24) is 10.2 Å². The standard InChI is InChI=1S/C27H34N2O5/c1-17(27(2,3)4)15-29(5)25(32)23(14-24(30)31)28-26(33)34-16-22-20-12-8-6-10-18(20)19-11-7-9-13-21(19)22/h6-13,17,22-23H,14-16H2,1-5H3,(H,28,33)(H,30,31). The van der Waals surface area contributed by atoms with Crippen molar-refractivity contribution in [2.45, 2.75) is 46.1 Å². The molecule has 1 aliphatic carbocycles. The Morgan fingerprint density at radius 1 is 1.03 bits per heavy atom. The number of benzene rings is 2. The van der Waals surface area contributed by atoms with Crippen LogP contribution in [0.25, 0.3) is 11.1 Å². The molecule has 2 N–H and O–H groups in total. The molecule has 3 rings (SSSR count). The normalized spacial score (nSPS) is 14.5. The lowest BCUT2D eigenvalue weighted by Gasteiger charge is -2.32. The van der Waals surface area contributed by atoms with Crippen LogP contribution < -0.4 is 5.32 Å². The molecule has 2 unspecified atom stereocenters. The summed E-state index contributed by atoms with van der Waals surface area (Å²) in [6.45, 7) is 8.82. The van der Waals surface area contributed by atoms with Crippen LogP contribution in [0.1, 0.15) is 51.2 Å². The molecule has 34 heavy (non-hydrogen) atoms. The predicted molar refractivity (Wildman–Crippen MR) is 131 cm³/mol. The monoisotopic (exact) mass is 466 g/mol. The molecule has 0 radical (unpaired) electrons. The molecule has 7 nitrogen and oxygen atoms in total. The Balaban J connectivity index is 1.66. The van der Waals surface area contributed by atoms with Gasteiger partial charge < -0.3 is 20.1 Å². The molecule has 2 atom stereocenters. The highest BCUT2D eigenvalue weighted by molar-refractivity contribution is 5.89. The van der Waals surface area contributed by atoms with Gasteiger partial charge in [0.15, 0.2) is 0 Å². The van der Waals surface area contributed by atoms with Crippen molar-refractivity contribution >= 4 is 18.0 Å². The summed E-state index contributed by atoms with van der Waals surface area (Å²) in [5.41, 5.74) is 4.36. The summed E-state index contributed by atoms with van der Waals surface area (Å²) >= 11 is 0. The summed E-state index contributed by atoms with van der Waals surface area (Å²) in [5.74, 6) is -1.56. The second kappa shape index (κ2) is 10.3. The number of likely N-dealkylation sites (N-methyl/N-ethyl adjacent to an activating group) is 1. The van der Waals surface area contributed by atoms with Gasteiger partial charge in [-0.15, -0.1) is 0 Å². The quantitative estimate of drug-likeness (QED) is 0.597. The highest BCUT2D eigenvalue weighted by atomic mass is 16.5. The van der Waals surface area contributed by atoms with Gasteiger partial charge in [-0.3, -0.25) is 9.59 Å². The number of carboxylic acids is 1. The van der Waals surface area contributed by atoms with Gasteiger partial charge in [0, 0.05) is 19.5 Å². The molecule has 0 bridgehead atoms. The first-order chi connectivity index (χ1) is 16.0. The minimum absolute atomic E-state index is 0.0168. The van der Waals surface area contributed by atoms with Crippen molar-refractivity contribution in [1.29, 1.82) is 0 Å². The lowest BCUT2D eigenvalue weighted by molar-refractivity contribution is -0.142. The Hall–Kier alpha value is -3.35. The molecule has 0 spiro atoms. The molecular weight excluding hydrogens is 432 g/mol. The molecule has 2 aromatic rings. The van der Waals surface area contributed by atoms with Crippen LogP contribution in [0.4, 0.5) is 4.79 Å². The van der Waals surface area contributed by atoms with E-state index in [1.807, 2.05) is 55.5 Å². The number of nitrogens with zero attached hydrogens (tertiary/aromatic N) is 1. The zero-order chi connectivity index (χ0) is 25.0. The van der Waals surface area contributed by atoms with Gasteiger partial charge in [-0.1, -0.05) is 76.2 Å². The Kier molecular flexibility index (Phi) is 7.64. The third kappa shape index (κ3) is 5.76. The highest BCUT2D eigenvalue weighted by Gasteiger charge is 2.32. The highest BCUT2D eigenvalue weighted by Crippen LogP contribution is 2.44. The average Bonchev–Trinajstić information content (AvgIpc) is 3.09. The molecule has 182 valence electrons. The van der Waals surface area contributed by atoms with E-state index in [0.717, 1.165) is 22.3 Å². The third-order valence-corrected chi connectivity index (χ3v) is 6.71. The van der Waals surface area contributed by atoms with E-state index in [4.69, 9.17) is 4.74 Å². The van der Waals surface area contributed by atoms with Gasteiger partial charge in [0.05, 0.1) is 6.42 Å². The summed E-state index contributed by atoms with van der Waals surface area (Å²) in [4.78, 5) is 38.4. The van der Waals surface area contributed by atoms with E-state index < -0.39 is 30.4 Å². The molecule has 0 fully saturated rings. The zero-order valence-electron chi connectivity index (χ0n) is 20.5. The summed E-state index contributed by atoms with van der Waals surface area (Å²) in [6, 6.07) is 14.8. The summed E-state index contributed by atoms with van der Waals surface area (Å²) in [6.07, 6.45) is -1.32. The number of rotatable bonds is 8. The van der Waals surface area contributed by atoms with E-state index in [0.29, 0.717) is 6.54 Å². The van der Waals surface area contributed by atoms with E-state index in [-0.39, 0.29) is 23.9 Å². The lowest BCUT2D eigenvalue weighted by Crippen LogP contribution is -2.50. The number of hydrogen-bond donors (Lipinski definition) is 2. The minimum Gasteiger partial charge on any atom is -0.481 e. The second-order valence-corrected chi connectivity index (χ2v) is 10.1. The topological polar surface area (TPSA) is 95.9 Å². The van der Waals surface area contributed by atoms with Gasteiger partial charge >= 0.3 is 12.1 Å². The van der Waals surface area contributed by atoms with E-state index in [1.54, 1.807) is 7.05 Å². The first-order valence-corrected chi connectivity index (χ1v) is 11.6. The number of amides is 2. The number of nitrogens with one attached hydrogen (secondary N) is 1. The molecule has 0 saturated heterocycles. The Labute approximate surface area is 201 Å². The Morgan fingerprint density at radius 3 is 2.06 bits per heavy atom. The van der Waals surface area contributed by atoms with Crippen LogP contribution in [0.2, 0.25) is 0 Å². The number of alkyl carbamates (subject to hydrolysis) is 1. The summed E-state index contributed by atoms with van der Waals surface area (Å²) in [5, 5.41) is 11.8. The fourth-order valence-corrected chi connectivity index (χ4v) is 4.20. The maximum atomic E-state index is 13.0. The van der Waals surface area contributed by atoms with Crippen molar-refractivity contribution in [2.24, 2.45) is 11.3 Å². The Morgan fingerprint density at radius 2 is 1.56 bits per heavy atom. The fourth-order valence-electron chi connectivity index (χ4n) is 4.20. The first-order valence-electron chi connectivity index (χ1n) is 11.6. The Bertz CT molecular complexity index is 1010. The molecule has 0 aromatic heterocycles. The van der Waals surface area contributed by atoms with Crippen LogP contribution in [0.5, 0.6) is 0 Å². The maximum absolute atomic E-state index is 13.0. The number of carbonyl (C=O) groups excluding carboxylic acids is 2. The van der Waals surface area contributed by atoms with Crippen LogP contribution in [0.3, 0.4) is 0 Å². The number of aliphatic carboxylic acids is 1. The van der Waals surface area contributed by atoms with E-state index in [1.165, 1.54) is 4.90 Å². The number of hydrogen-bond acceptors (Lipinski definition) is 4. The number of fused-ring (bicyclic) bond motifs is 3. The molecule has 2 amide bonds. The smallest absolute Gasteiger partial charge is 0.407 e. The molecule has 2 aromatic carbocycles. The maximum Gasteiger partial charge on any atom is 0.407 e. The molecule has 7 heteroatoms. The second-order valence-electron chi connectivity index (χ2n) is 10.1. The minimum atomic E-state index is -1.20. The zero-order valence-corrected chi connectivity index (χ0v) is 20.5. The van der Waals surface area contributed by atoms with E-state index in [2.05, 4.69) is 26.1 Å². The van der Waals surface area contributed by atoms with Gasteiger partial charge in [0.1, 0.15) is 12.6 Å². The van der Waals surface area contributed by atoms with Gasteiger partial charge in [0.25, 0.3) is 0 Å². The van der Waals surface area contributed by atoms with Gasteiger partial charge in [-0.25, -0.2) is 4.79 Å². The van der Waals surface area contributed by atoms with Gasteiger partial charge in [-0.05, 0) is 33.6 Å². The number of carbonyl (C=O) groups is 3. The van der Waals surface area contributed by atoms with Crippen LogP contribution in [0.15, 0.2) is 48.5 Å². The van der Waals surface area contributed by atoms with Gasteiger partial charge in [0.2, 0.25) is 5.91 Å². The van der Waals surface area contributed by atoms with Crippen molar-refractivity contribution in [3.05, 3.63) is 59.7 Å². The number of ether oxygens (including phenoxy) is 1. The van der Waals surface area contributed by atoms with Crippen molar-refractivity contribution < 1.29 is 24.2 Å². The number of carboxylic acid groups (broad SMARTS) is 1. The lowest BCUT2D eigenvalue weighted by atomic mass is 9.82. The summed E-state index contributed by atoms with van der Waals surface area (Å²) < 4.78 is 5.50. The van der Waals surface area contributed by atoms with Gasteiger partial charge in [-0.2, -0.15) is 0 Å². The van der Waals surface area contributed by atoms with Crippen LogP contribution in [-0.4, -0.2) is 54.2 Å². The van der Waals surface area contributed by atoms with Crippen LogP contribution >= 0.6 is 0 Å². The van der Waals surface area contributed by atoms with E-state index in [9.17, 15) is 19.5 Å². The summed E-state index contributed by atoms with van der Waals surface area (Å²) in [7, 11) is 1.62. The first kappa shape index (κ1) is 25.3. The SMILES string of the molecule is CC(CN(C)C(=O)C(CC(=O)O)NC(=O)OCC1c2ccccc2-c2ccccc21)C(C)(C)C. The van der Waals surface area contributed by atoms with Crippen molar-refractivity contribution in [3.8, 4) is 11.1 Å². The molecule has 0 heterocycles. The molecule has 0 aliphatic heterocycles. The molecular formula is C27H34N2O5. The molecule has 1 aliphatic rings. The fraction of sp³-hybridized carbons (Fsp3) is 0.444. The largest absolute Gasteiger partial charge is 0.481 e. The average molecular weight is 467 g/mol.